The predicted octanol–water partition coefficient (Wildman–Crippen LogP) is 13.7. The zero-order chi connectivity index (χ0) is 30.2. The number of nitrogens with zero attached hydrogens (tertiary/aromatic N) is 1. The van der Waals surface area contributed by atoms with Crippen molar-refractivity contribution in [3.8, 4) is 0 Å². The van der Waals surface area contributed by atoms with Gasteiger partial charge in [-0.2, -0.15) is 0 Å². The van der Waals surface area contributed by atoms with Crippen LogP contribution in [-0.4, -0.2) is 25.0 Å². The van der Waals surface area contributed by atoms with E-state index in [-0.39, 0.29) is 0 Å². The largest absolute Gasteiger partial charge is 0.306 e. The number of rotatable bonds is 30. The third-order valence-corrected chi connectivity index (χ3v) is 9.44. The molecule has 1 heteroatoms. The second kappa shape index (κ2) is 30.0. The molecular weight excluding hydrogens is 506 g/mol. The molecule has 1 aliphatic heterocycles. The highest BCUT2D eigenvalue weighted by Crippen LogP contribution is 2.40. The van der Waals surface area contributed by atoms with E-state index < -0.39 is 0 Å². The molecule has 0 radical (unpaired) electrons. The van der Waals surface area contributed by atoms with E-state index in [1.165, 1.54) is 174 Å². The fraction of sp³-hybridized carbons (Fsp3) is 0.805. The molecule has 0 aromatic rings. The molecule has 0 unspecified atom stereocenters. The first-order valence-corrected chi connectivity index (χ1v) is 19.0. The summed E-state index contributed by atoms with van der Waals surface area (Å²) >= 11 is 0. The maximum Gasteiger partial charge on any atom is 0.00354 e. The van der Waals surface area contributed by atoms with Gasteiger partial charge in [0.05, 0.1) is 0 Å². The van der Waals surface area contributed by atoms with E-state index >= 15 is 0 Å². The van der Waals surface area contributed by atoms with Crippen molar-refractivity contribution < 1.29 is 0 Å². The van der Waals surface area contributed by atoms with E-state index in [0.717, 1.165) is 12.8 Å². The van der Waals surface area contributed by atoms with Crippen molar-refractivity contribution in [3.05, 3.63) is 48.6 Å². The maximum atomic E-state index is 2.60. The first-order valence-electron chi connectivity index (χ1n) is 19.0. The molecule has 0 aliphatic carbocycles. The fourth-order valence-electron chi connectivity index (χ4n) is 6.67. The van der Waals surface area contributed by atoms with Crippen molar-refractivity contribution in [2.24, 2.45) is 5.41 Å². The minimum absolute atomic E-state index is 0.638. The molecule has 0 amide bonds. The van der Waals surface area contributed by atoms with Crippen LogP contribution in [0.3, 0.4) is 0 Å². The predicted molar refractivity (Wildman–Crippen MR) is 192 cm³/mol. The molecule has 1 saturated heterocycles. The number of unbranched alkanes of at least 4 members (excludes halogenated alkanes) is 18. The van der Waals surface area contributed by atoms with Gasteiger partial charge in [0.1, 0.15) is 0 Å². The molecule has 0 aromatic carbocycles. The van der Waals surface area contributed by atoms with Crippen molar-refractivity contribution in [3.63, 3.8) is 0 Å². The van der Waals surface area contributed by atoms with Gasteiger partial charge in [-0.3, -0.25) is 0 Å². The molecule has 0 atom stereocenters. The number of hydrogen-bond donors (Lipinski definition) is 0. The number of allylic oxidation sites excluding steroid dienone is 8. The van der Waals surface area contributed by atoms with Crippen LogP contribution in [0.25, 0.3) is 0 Å². The van der Waals surface area contributed by atoms with Gasteiger partial charge in [0.15, 0.2) is 0 Å². The van der Waals surface area contributed by atoms with Crippen molar-refractivity contribution >= 4 is 0 Å². The van der Waals surface area contributed by atoms with Crippen LogP contribution in [0.4, 0.5) is 0 Å². The Morgan fingerprint density at radius 3 is 1.17 bits per heavy atom. The Hall–Kier alpha value is -1.08. The topological polar surface area (TPSA) is 3.24 Å². The minimum atomic E-state index is 0.638. The summed E-state index contributed by atoms with van der Waals surface area (Å²) in [5.74, 6) is 0. The Kier molecular flexibility index (Phi) is 27.8. The highest BCUT2D eigenvalue weighted by Gasteiger charge is 2.35. The highest BCUT2D eigenvalue weighted by molar-refractivity contribution is 4.93. The molecular formula is C41H75N. The molecule has 0 N–H and O–H groups in total. The van der Waals surface area contributed by atoms with Crippen molar-refractivity contribution in [1.29, 1.82) is 0 Å². The monoisotopic (exact) mass is 582 g/mol. The Labute approximate surface area is 265 Å². The Balaban J connectivity index is 1.99. The molecule has 0 saturated carbocycles. The Morgan fingerprint density at radius 1 is 0.452 bits per heavy atom. The van der Waals surface area contributed by atoms with Gasteiger partial charge >= 0.3 is 0 Å². The second-order valence-electron chi connectivity index (χ2n) is 13.7. The molecule has 1 heterocycles. The van der Waals surface area contributed by atoms with Crippen LogP contribution in [0, 0.1) is 5.41 Å². The lowest BCUT2D eigenvalue weighted by molar-refractivity contribution is 0.224. The van der Waals surface area contributed by atoms with E-state index in [2.05, 4.69) is 74.4 Å². The van der Waals surface area contributed by atoms with E-state index in [0.29, 0.717) is 5.41 Å². The van der Waals surface area contributed by atoms with Crippen LogP contribution in [0.5, 0.6) is 0 Å². The van der Waals surface area contributed by atoms with Crippen molar-refractivity contribution in [1.82, 2.24) is 4.90 Å². The molecule has 42 heavy (non-hydrogen) atoms. The summed E-state index contributed by atoms with van der Waals surface area (Å²) in [4.78, 5) is 2.60. The number of hydrogen-bond acceptors (Lipinski definition) is 1. The van der Waals surface area contributed by atoms with Gasteiger partial charge in [-0.05, 0) is 102 Å². The zero-order valence-corrected chi connectivity index (χ0v) is 29.1. The number of likely N-dealkylation sites (tertiary alicyclic amines) is 1. The van der Waals surface area contributed by atoms with Crippen LogP contribution < -0.4 is 0 Å². The average molecular weight is 582 g/mol. The summed E-state index contributed by atoms with van der Waals surface area (Å²) in [5, 5.41) is 0. The van der Waals surface area contributed by atoms with E-state index in [1.807, 2.05) is 0 Å². The lowest BCUT2D eigenvalue weighted by atomic mass is 9.77. The van der Waals surface area contributed by atoms with Gasteiger partial charge < -0.3 is 4.90 Å². The van der Waals surface area contributed by atoms with Gasteiger partial charge in [0.2, 0.25) is 0 Å². The van der Waals surface area contributed by atoms with Crippen LogP contribution in [0.2, 0.25) is 0 Å². The summed E-state index contributed by atoms with van der Waals surface area (Å²) in [5.41, 5.74) is 0.638. The summed E-state index contributed by atoms with van der Waals surface area (Å²) < 4.78 is 0. The second-order valence-corrected chi connectivity index (χ2v) is 13.7. The quantitative estimate of drug-likeness (QED) is 0.0602. The molecule has 0 aromatic heterocycles. The van der Waals surface area contributed by atoms with Crippen LogP contribution in [0.1, 0.15) is 187 Å². The standard InChI is InChI=1S/C41H75N/c1-4-6-8-10-12-14-16-18-20-22-24-26-28-30-32-34-36-41(38-39-42(3)40-41)37-35-33-31-29-27-25-23-21-19-17-15-13-11-9-7-5-2/h12-15,18-21H,4-11,16-17,22-40H2,1-3H3/b14-12-,15-13-,20-18-,21-19-. The molecule has 1 rings (SSSR count). The third-order valence-electron chi connectivity index (χ3n) is 9.44. The van der Waals surface area contributed by atoms with Gasteiger partial charge in [0, 0.05) is 6.54 Å². The Morgan fingerprint density at radius 2 is 0.810 bits per heavy atom. The molecule has 1 nitrogen and oxygen atoms in total. The van der Waals surface area contributed by atoms with E-state index in [1.54, 1.807) is 0 Å². The van der Waals surface area contributed by atoms with Gasteiger partial charge in [-0.25, -0.2) is 0 Å². The van der Waals surface area contributed by atoms with E-state index in [4.69, 9.17) is 0 Å². The maximum absolute atomic E-state index is 2.60. The molecule has 244 valence electrons. The smallest absolute Gasteiger partial charge is 0.00354 e. The molecule has 1 aliphatic rings. The van der Waals surface area contributed by atoms with Crippen molar-refractivity contribution in [2.45, 2.75) is 187 Å². The normalized spacial score (nSPS) is 16.0. The molecule has 0 spiro atoms. The lowest BCUT2D eigenvalue weighted by Crippen LogP contribution is -2.25. The highest BCUT2D eigenvalue weighted by atomic mass is 15.1. The SMILES string of the molecule is CCCCC/C=C\C/C=C\CCCCCCCCC1(CCCCCCCC/C=C\C/C=C\CCCCC)CCN(C)C1. The summed E-state index contributed by atoms with van der Waals surface area (Å²) in [7, 11) is 2.35. The van der Waals surface area contributed by atoms with Gasteiger partial charge in [0.25, 0.3) is 0 Å². The molecule has 1 fully saturated rings. The van der Waals surface area contributed by atoms with Crippen molar-refractivity contribution in [2.75, 3.05) is 20.1 Å². The minimum Gasteiger partial charge on any atom is -0.306 e. The van der Waals surface area contributed by atoms with Gasteiger partial charge in [-0.15, -0.1) is 0 Å². The van der Waals surface area contributed by atoms with Gasteiger partial charge in [-0.1, -0.05) is 152 Å². The van der Waals surface area contributed by atoms with Crippen LogP contribution in [-0.2, 0) is 0 Å². The first kappa shape index (κ1) is 38.9. The third kappa shape index (κ3) is 24.4. The molecule has 0 bridgehead atoms. The van der Waals surface area contributed by atoms with E-state index in [9.17, 15) is 0 Å². The fourth-order valence-corrected chi connectivity index (χ4v) is 6.67. The van der Waals surface area contributed by atoms with Crippen LogP contribution in [0.15, 0.2) is 48.6 Å². The summed E-state index contributed by atoms with van der Waals surface area (Å²) in [6, 6.07) is 0. The average Bonchev–Trinajstić information content (AvgIpc) is 3.37. The zero-order valence-electron chi connectivity index (χ0n) is 29.1. The Bertz CT molecular complexity index is 620. The summed E-state index contributed by atoms with van der Waals surface area (Å²) in [6.45, 7) is 7.23. The lowest BCUT2D eigenvalue weighted by Gasteiger charge is -2.29. The summed E-state index contributed by atoms with van der Waals surface area (Å²) in [6.07, 6.45) is 55.9. The van der Waals surface area contributed by atoms with Crippen LogP contribution >= 0.6 is 0 Å². The first-order chi connectivity index (χ1) is 20.7.